The van der Waals surface area contributed by atoms with Gasteiger partial charge in [-0.2, -0.15) is 0 Å². The third kappa shape index (κ3) is 8.00. The fourth-order valence-electron chi connectivity index (χ4n) is 0.695. The highest BCUT2D eigenvalue weighted by molar-refractivity contribution is 7.80. The standard InChI is InChI=1S/C8H18N4S2/c1-6(2)4-5-10-8(14)12-11-7(13)9-3/h6H,4-5H2,1-3H3,(H2,9,11,13)(H2,10,12,14). The Balaban J connectivity index is 3.42. The van der Waals surface area contributed by atoms with Crippen molar-refractivity contribution in [3.63, 3.8) is 0 Å². The predicted molar refractivity (Wildman–Crippen MR) is 68.0 cm³/mol. The van der Waals surface area contributed by atoms with Crippen LogP contribution in [0.25, 0.3) is 0 Å². The Bertz CT molecular complexity index is 194. The maximum absolute atomic E-state index is 5.00. The summed E-state index contributed by atoms with van der Waals surface area (Å²) in [6, 6.07) is 0. The Morgan fingerprint density at radius 1 is 1.14 bits per heavy atom. The third-order valence-electron chi connectivity index (χ3n) is 1.52. The zero-order valence-corrected chi connectivity index (χ0v) is 10.4. The molecule has 0 heterocycles. The lowest BCUT2D eigenvalue weighted by molar-refractivity contribution is 0.575. The van der Waals surface area contributed by atoms with Crippen LogP contribution < -0.4 is 21.5 Å². The molecule has 0 aromatic heterocycles. The summed E-state index contributed by atoms with van der Waals surface area (Å²) in [5.41, 5.74) is 5.51. The highest BCUT2D eigenvalue weighted by atomic mass is 32.1. The molecule has 0 spiro atoms. The van der Waals surface area contributed by atoms with E-state index in [1.165, 1.54) is 0 Å². The zero-order chi connectivity index (χ0) is 11.0. The van der Waals surface area contributed by atoms with E-state index in [0.29, 0.717) is 16.1 Å². The van der Waals surface area contributed by atoms with Crippen molar-refractivity contribution >= 4 is 34.7 Å². The smallest absolute Gasteiger partial charge is 0.185 e. The fraction of sp³-hybridized carbons (Fsp3) is 0.750. The molecule has 0 atom stereocenters. The Labute approximate surface area is 96.2 Å². The predicted octanol–water partition coefficient (Wildman–Crippen LogP) is 0.505. The van der Waals surface area contributed by atoms with Gasteiger partial charge in [0.25, 0.3) is 0 Å². The van der Waals surface area contributed by atoms with E-state index in [-0.39, 0.29) is 0 Å². The molecule has 0 unspecified atom stereocenters. The zero-order valence-electron chi connectivity index (χ0n) is 8.81. The van der Waals surface area contributed by atoms with Crippen molar-refractivity contribution < 1.29 is 0 Å². The molecular formula is C8H18N4S2. The van der Waals surface area contributed by atoms with Crippen LogP contribution in [0.4, 0.5) is 0 Å². The minimum atomic E-state index is 0.512. The summed E-state index contributed by atoms with van der Waals surface area (Å²) >= 11 is 9.86. The summed E-state index contributed by atoms with van der Waals surface area (Å²) in [6.45, 7) is 5.22. The van der Waals surface area contributed by atoms with Crippen LogP contribution in [0.3, 0.4) is 0 Å². The summed E-state index contributed by atoms with van der Waals surface area (Å²) in [6.07, 6.45) is 1.10. The van der Waals surface area contributed by atoms with Gasteiger partial charge in [0.05, 0.1) is 0 Å². The summed E-state index contributed by atoms with van der Waals surface area (Å²) in [4.78, 5) is 0. The van der Waals surface area contributed by atoms with Gasteiger partial charge in [0, 0.05) is 13.6 Å². The first-order valence-corrected chi connectivity index (χ1v) is 5.39. The first kappa shape index (κ1) is 13.4. The van der Waals surface area contributed by atoms with Crippen molar-refractivity contribution in [2.45, 2.75) is 20.3 Å². The van der Waals surface area contributed by atoms with E-state index in [0.717, 1.165) is 13.0 Å². The van der Waals surface area contributed by atoms with Crippen molar-refractivity contribution in [2.75, 3.05) is 13.6 Å². The van der Waals surface area contributed by atoms with Crippen LogP contribution in [0, 0.1) is 5.92 Å². The molecule has 14 heavy (non-hydrogen) atoms. The van der Waals surface area contributed by atoms with Crippen LogP contribution in [-0.2, 0) is 0 Å². The number of hydrazine groups is 1. The minimum absolute atomic E-state index is 0.512. The van der Waals surface area contributed by atoms with Gasteiger partial charge in [-0.25, -0.2) is 0 Å². The molecular weight excluding hydrogens is 216 g/mol. The molecule has 6 heteroatoms. The maximum atomic E-state index is 5.00. The lowest BCUT2D eigenvalue weighted by atomic mass is 10.1. The lowest BCUT2D eigenvalue weighted by Gasteiger charge is -2.13. The number of rotatable bonds is 3. The third-order valence-corrected chi connectivity index (χ3v) is 2.08. The van der Waals surface area contributed by atoms with Crippen LogP contribution in [0.15, 0.2) is 0 Å². The van der Waals surface area contributed by atoms with Gasteiger partial charge in [0.2, 0.25) is 0 Å². The van der Waals surface area contributed by atoms with E-state index in [1.54, 1.807) is 7.05 Å². The summed E-state index contributed by atoms with van der Waals surface area (Å²) in [5, 5.41) is 6.90. The fourth-order valence-corrected chi connectivity index (χ4v) is 0.899. The van der Waals surface area contributed by atoms with E-state index in [1.807, 2.05) is 0 Å². The average Bonchev–Trinajstić information content (AvgIpc) is 2.13. The second-order valence-electron chi connectivity index (χ2n) is 3.27. The molecule has 0 rings (SSSR count). The molecule has 4 nitrogen and oxygen atoms in total. The summed E-state index contributed by atoms with van der Waals surface area (Å²) in [5.74, 6) is 0.677. The Morgan fingerprint density at radius 3 is 2.21 bits per heavy atom. The largest absolute Gasteiger partial charge is 0.364 e. The first-order valence-electron chi connectivity index (χ1n) is 4.57. The van der Waals surface area contributed by atoms with Gasteiger partial charge in [-0.15, -0.1) is 0 Å². The van der Waals surface area contributed by atoms with Crippen molar-refractivity contribution in [2.24, 2.45) is 5.92 Å². The van der Waals surface area contributed by atoms with E-state index < -0.39 is 0 Å². The second kappa shape index (κ2) is 7.75. The van der Waals surface area contributed by atoms with Gasteiger partial charge in [-0.1, -0.05) is 13.8 Å². The minimum Gasteiger partial charge on any atom is -0.364 e. The van der Waals surface area contributed by atoms with Gasteiger partial charge in [-0.05, 0) is 36.8 Å². The monoisotopic (exact) mass is 234 g/mol. The highest BCUT2D eigenvalue weighted by Gasteiger charge is 1.96. The quantitative estimate of drug-likeness (QED) is 0.422. The van der Waals surface area contributed by atoms with Crippen LogP contribution in [0.5, 0.6) is 0 Å². The molecule has 0 aromatic rings. The van der Waals surface area contributed by atoms with Gasteiger partial charge >= 0.3 is 0 Å². The Morgan fingerprint density at radius 2 is 1.71 bits per heavy atom. The average molecular weight is 234 g/mol. The molecule has 0 fully saturated rings. The number of hydrogen-bond donors (Lipinski definition) is 4. The lowest BCUT2D eigenvalue weighted by Crippen LogP contribution is -2.49. The molecule has 0 aliphatic rings. The molecule has 0 saturated heterocycles. The van der Waals surface area contributed by atoms with E-state index >= 15 is 0 Å². The van der Waals surface area contributed by atoms with Gasteiger partial charge in [0.15, 0.2) is 10.2 Å². The molecule has 0 bridgehead atoms. The van der Waals surface area contributed by atoms with Crippen LogP contribution in [0.1, 0.15) is 20.3 Å². The SMILES string of the molecule is CNC(=S)NNC(=S)NCCC(C)C. The van der Waals surface area contributed by atoms with E-state index in [4.69, 9.17) is 24.4 Å². The molecule has 0 radical (unpaired) electrons. The van der Waals surface area contributed by atoms with Gasteiger partial charge in [0.1, 0.15) is 0 Å². The van der Waals surface area contributed by atoms with Crippen LogP contribution in [0.2, 0.25) is 0 Å². The molecule has 0 aliphatic carbocycles. The van der Waals surface area contributed by atoms with E-state index in [9.17, 15) is 0 Å². The van der Waals surface area contributed by atoms with Gasteiger partial charge < -0.3 is 10.6 Å². The summed E-state index contributed by atoms with van der Waals surface area (Å²) < 4.78 is 0. The van der Waals surface area contributed by atoms with Crippen LogP contribution in [-0.4, -0.2) is 23.8 Å². The highest BCUT2D eigenvalue weighted by Crippen LogP contribution is 1.95. The number of nitrogens with one attached hydrogen (secondary N) is 4. The number of thiocarbonyl (C=S) groups is 2. The number of hydrogen-bond acceptors (Lipinski definition) is 2. The normalized spacial score (nSPS) is 9.43. The first-order chi connectivity index (χ1) is 6.56. The Kier molecular flexibility index (Phi) is 7.41. The molecule has 0 amide bonds. The molecule has 0 aromatic carbocycles. The maximum Gasteiger partial charge on any atom is 0.185 e. The topological polar surface area (TPSA) is 48.1 Å². The van der Waals surface area contributed by atoms with Gasteiger partial charge in [-0.3, -0.25) is 10.9 Å². The van der Waals surface area contributed by atoms with Crippen molar-refractivity contribution in [3.05, 3.63) is 0 Å². The second-order valence-corrected chi connectivity index (χ2v) is 4.08. The molecule has 4 N–H and O–H groups in total. The Hall–Kier alpha value is -0.620. The molecule has 0 saturated carbocycles. The van der Waals surface area contributed by atoms with Crippen molar-refractivity contribution in [3.8, 4) is 0 Å². The molecule has 0 aliphatic heterocycles. The summed E-state index contributed by atoms with van der Waals surface area (Å²) in [7, 11) is 1.74. The molecule has 82 valence electrons. The van der Waals surface area contributed by atoms with E-state index in [2.05, 4.69) is 35.3 Å². The van der Waals surface area contributed by atoms with Crippen molar-refractivity contribution in [1.29, 1.82) is 0 Å². The van der Waals surface area contributed by atoms with Crippen molar-refractivity contribution in [1.82, 2.24) is 21.5 Å². The van der Waals surface area contributed by atoms with Crippen LogP contribution >= 0.6 is 24.4 Å².